The maximum Gasteiger partial charge on any atom is 0.193 e. The highest BCUT2D eigenvalue weighted by Crippen LogP contribution is 2.13. The summed E-state index contributed by atoms with van der Waals surface area (Å²) in [6, 6.07) is 17.2. The zero-order valence-electron chi connectivity index (χ0n) is 11.2. The molecule has 0 aliphatic rings. The zero-order chi connectivity index (χ0) is 13.5. The summed E-state index contributed by atoms with van der Waals surface area (Å²) in [6.07, 6.45) is 6.42. The van der Waals surface area contributed by atoms with Crippen molar-refractivity contribution in [1.82, 2.24) is 0 Å². The zero-order valence-corrected chi connectivity index (χ0v) is 11.2. The van der Waals surface area contributed by atoms with Gasteiger partial charge in [0.2, 0.25) is 0 Å². The number of unbranched alkanes of at least 4 members (excludes halogenated alkanes) is 1. The van der Waals surface area contributed by atoms with E-state index in [9.17, 15) is 4.79 Å². The molecule has 0 aliphatic heterocycles. The third-order valence-electron chi connectivity index (χ3n) is 2.95. The van der Waals surface area contributed by atoms with Crippen LogP contribution < -0.4 is 0 Å². The highest BCUT2D eigenvalue weighted by atomic mass is 16.1. The smallest absolute Gasteiger partial charge is 0.193 e. The van der Waals surface area contributed by atoms with Gasteiger partial charge in [0.15, 0.2) is 5.78 Å². The molecule has 0 N–H and O–H groups in total. The molecule has 2 aromatic rings. The fraction of sp³-hybridized carbons (Fsp3) is 0.167. The van der Waals surface area contributed by atoms with E-state index in [1.54, 1.807) is 0 Å². The van der Waals surface area contributed by atoms with Gasteiger partial charge in [-0.05, 0) is 18.1 Å². The number of rotatable bonds is 5. The van der Waals surface area contributed by atoms with Crippen molar-refractivity contribution < 1.29 is 4.79 Å². The molecule has 19 heavy (non-hydrogen) atoms. The number of hydrogen-bond donors (Lipinski definition) is 0. The Balaban J connectivity index is 2.21. The van der Waals surface area contributed by atoms with E-state index < -0.39 is 0 Å². The monoisotopic (exact) mass is 250 g/mol. The quantitative estimate of drug-likeness (QED) is 0.701. The van der Waals surface area contributed by atoms with Crippen LogP contribution in [0.25, 0.3) is 6.08 Å². The van der Waals surface area contributed by atoms with Crippen molar-refractivity contribution in [1.29, 1.82) is 0 Å². The average molecular weight is 250 g/mol. The van der Waals surface area contributed by atoms with Crippen LogP contribution in [0, 0.1) is 0 Å². The van der Waals surface area contributed by atoms with Crippen molar-refractivity contribution in [3.05, 3.63) is 77.4 Å². The van der Waals surface area contributed by atoms with Gasteiger partial charge in [-0.25, -0.2) is 0 Å². The van der Waals surface area contributed by atoms with E-state index in [1.807, 2.05) is 54.6 Å². The molecule has 0 saturated heterocycles. The van der Waals surface area contributed by atoms with E-state index in [0.29, 0.717) is 0 Å². The van der Waals surface area contributed by atoms with Gasteiger partial charge >= 0.3 is 0 Å². The van der Waals surface area contributed by atoms with Gasteiger partial charge in [-0.1, -0.05) is 74.0 Å². The van der Waals surface area contributed by atoms with E-state index in [0.717, 1.165) is 29.5 Å². The van der Waals surface area contributed by atoms with Crippen LogP contribution in [0.15, 0.2) is 60.7 Å². The fourth-order valence-electron chi connectivity index (χ4n) is 1.93. The summed E-state index contributed by atoms with van der Waals surface area (Å²) in [6.45, 7) is 2.15. The Morgan fingerprint density at radius 3 is 2.47 bits per heavy atom. The second-order valence-electron chi connectivity index (χ2n) is 4.51. The minimum absolute atomic E-state index is 0.0753. The molecule has 0 aromatic heterocycles. The van der Waals surface area contributed by atoms with Crippen molar-refractivity contribution >= 4 is 11.9 Å². The Bertz CT molecular complexity index is 567. The van der Waals surface area contributed by atoms with Gasteiger partial charge in [0.05, 0.1) is 0 Å². The first-order valence-corrected chi connectivity index (χ1v) is 6.67. The van der Waals surface area contributed by atoms with Crippen LogP contribution in [0.5, 0.6) is 0 Å². The summed E-state index contributed by atoms with van der Waals surface area (Å²) in [5.41, 5.74) is 2.55. The molecule has 2 rings (SSSR count). The number of carbonyl (C=O) groups is 1. The third kappa shape index (κ3) is 3.65. The Morgan fingerprint density at radius 1 is 1.00 bits per heavy atom. The molecular weight excluding hydrogens is 232 g/mol. The summed E-state index contributed by atoms with van der Waals surface area (Å²) < 4.78 is 0. The molecule has 0 radical (unpaired) electrons. The van der Waals surface area contributed by atoms with E-state index in [4.69, 9.17) is 0 Å². The van der Waals surface area contributed by atoms with Crippen molar-refractivity contribution in [3.8, 4) is 0 Å². The molecule has 0 amide bonds. The maximum atomic E-state index is 12.3. The van der Waals surface area contributed by atoms with Gasteiger partial charge in [-0.15, -0.1) is 0 Å². The van der Waals surface area contributed by atoms with Crippen LogP contribution in [0.1, 0.15) is 41.3 Å². The number of benzene rings is 2. The molecule has 0 bridgehead atoms. The molecule has 0 saturated carbocycles. The van der Waals surface area contributed by atoms with E-state index in [1.165, 1.54) is 0 Å². The normalized spacial score (nSPS) is 10.8. The summed E-state index contributed by atoms with van der Waals surface area (Å²) >= 11 is 0. The van der Waals surface area contributed by atoms with Gasteiger partial charge in [-0.3, -0.25) is 4.79 Å². The second kappa shape index (κ2) is 6.69. The molecule has 0 heterocycles. The number of ketones is 1. The summed E-state index contributed by atoms with van der Waals surface area (Å²) in [4.78, 5) is 12.3. The van der Waals surface area contributed by atoms with Crippen molar-refractivity contribution in [3.63, 3.8) is 0 Å². The first kappa shape index (κ1) is 13.3. The third-order valence-corrected chi connectivity index (χ3v) is 2.95. The minimum atomic E-state index is 0.0753. The Hall–Kier alpha value is -2.15. The average Bonchev–Trinajstić information content (AvgIpc) is 2.48. The van der Waals surface area contributed by atoms with E-state index >= 15 is 0 Å². The lowest BCUT2D eigenvalue weighted by Crippen LogP contribution is -2.00. The highest BCUT2D eigenvalue weighted by molar-refractivity contribution is 6.09. The molecule has 1 heteroatoms. The lowest BCUT2D eigenvalue weighted by atomic mass is 10.0. The molecule has 2 aromatic carbocycles. The van der Waals surface area contributed by atoms with Crippen LogP contribution in [-0.2, 0) is 0 Å². The van der Waals surface area contributed by atoms with Crippen molar-refractivity contribution in [2.45, 2.75) is 19.8 Å². The van der Waals surface area contributed by atoms with Gasteiger partial charge in [-0.2, -0.15) is 0 Å². The van der Waals surface area contributed by atoms with Gasteiger partial charge in [0.25, 0.3) is 0 Å². The maximum absolute atomic E-state index is 12.3. The molecule has 0 unspecified atom stereocenters. The second-order valence-corrected chi connectivity index (χ2v) is 4.51. The lowest BCUT2D eigenvalue weighted by molar-refractivity contribution is 0.103. The molecule has 0 fully saturated rings. The van der Waals surface area contributed by atoms with Crippen molar-refractivity contribution in [2.75, 3.05) is 0 Å². The SMILES string of the molecule is CCCC=Cc1cccc(C(=O)c2ccccc2)c1. The largest absolute Gasteiger partial charge is 0.289 e. The first-order valence-electron chi connectivity index (χ1n) is 6.67. The molecule has 0 aliphatic carbocycles. The number of carbonyl (C=O) groups excluding carboxylic acids is 1. The van der Waals surface area contributed by atoms with Crippen LogP contribution in [0.3, 0.4) is 0 Å². The topological polar surface area (TPSA) is 17.1 Å². The fourth-order valence-corrected chi connectivity index (χ4v) is 1.93. The summed E-state index contributed by atoms with van der Waals surface area (Å²) in [7, 11) is 0. The van der Waals surface area contributed by atoms with Gasteiger partial charge < -0.3 is 0 Å². The van der Waals surface area contributed by atoms with Crippen LogP contribution in [0.2, 0.25) is 0 Å². The van der Waals surface area contributed by atoms with Gasteiger partial charge in [0.1, 0.15) is 0 Å². The molecular formula is C18H18O. The number of hydrogen-bond acceptors (Lipinski definition) is 1. The first-order chi connectivity index (χ1) is 9.31. The van der Waals surface area contributed by atoms with E-state index in [-0.39, 0.29) is 5.78 Å². The Labute approximate surface area is 114 Å². The predicted molar refractivity (Wildman–Crippen MR) is 80.3 cm³/mol. The Kier molecular flexibility index (Phi) is 4.68. The van der Waals surface area contributed by atoms with Crippen LogP contribution in [0.4, 0.5) is 0 Å². The summed E-state index contributed by atoms with van der Waals surface area (Å²) in [5, 5.41) is 0. The Morgan fingerprint density at radius 2 is 1.74 bits per heavy atom. The van der Waals surface area contributed by atoms with Crippen LogP contribution in [-0.4, -0.2) is 5.78 Å². The van der Waals surface area contributed by atoms with Crippen molar-refractivity contribution in [2.24, 2.45) is 0 Å². The standard InChI is InChI=1S/C18H18O/c1-2-3-5-9-15-10-8-13-17(14-15)18(19)16-11-6-4-7-12-16/h4-14H,2-3H2,1H3. The molecule has 1 nitrogen and oxygen atoms in total. The lowest BCUT2D eigenvalue weighted by Gasteiger charge is -2.02. The molecule has 0 atom stereocenters. The molecule has 96 valence electrons. The minimum Gasteiger partial charge on any atom is -0.289 e. The number of allylic oxidation sites excluding steroid dienone is 1. The van der Waals surface area contributed by atoms with E-state index in [2.05, 4.69) is 19.1 Å². The predicted octanol–water partition coefficient (Wildman–Crippen LogP) is 4.73. The molecule has 0 spiro atoms. The van der Waals surface area contributed by atoms with Gasteiger partial charge in [0, 0.05) is 11.1 Å². The summed E-state index contributed by atoms with van der Waals surface area (Å²) in [5.74, 6) is 0.0753. The highest BCUT2D eigenvalue weighted by Gasteiger charge is 2.07. The van der Waals surface area contributed by atoms with Crippen LogP contribution >= 0.6 is 0 Å².